The van der Waals surface area contributed by atoms with Gasteiger partial charge in [0.2, 0.25) is 5.91 Å². The lowest BCUT2D eigenvalue weighted by Gasteiger charge is -2.21. The van der Waals surface area contributed by atoms with E-state index < -0.39 is 5.97 Å². The van der Waals surface area contributed by atoms with Crippen LogP contribution in [0.2, 0.25) is 0 Å². The van der Waals surface area contributed by atoms with Crippen molar-refractivity contribution in [2.75, 3.05) is 11.9 Å². The highest BCUT2D eigenvalue weighted by atomic mass is 35.5. The molecule has 5 nitrogen and oxygen atoms in total. The number of hydrogen-bond donors (Lipinski definition) is 2. The molecule has 0 radical (unpaired) electrons. The number of aliphatic carboxylic acids is 1. The molecule has 0 bridgehead atoms. The van der Waals surface area contributed by atoms with E-state index in [1.165, 1.54) is 6.92 Å². The number of rotatable bonds is 4. The van der Waals surface area contributed by atoms with Crippen molar-refractivity contribution < 1.29 is 14.7 Å². The van der Waals surface area contributed by atoms with Gasteiger partial charge >= 0.3 is 5.97 Å². The number of carbonyl (C=O) groups excluding carboxylic acids is 1. The normalized spacial score (nSPS) is 18.4. The molecule has 1 saturated heterocycles. The molecule has 1 aliphatic heterocycles. The molecule has 1 heterocycles. The van der Waals surface area contributed by atoms with E-state index in [-0.39, 0.29) is 24.4 Å². The van der Waals surface area contributed by atoms with Crippen molar-refractivity contribution in [3.63, 3.8) is 0 Å². The van der Waals surface area contributed by atoms with Crippen LogP contribution in [0.1, 0.15) is 25.3 Å². The molecule has 110 valence electrons. The van der Waals surface area contributed by atoms with Crippen molar-refractivity contribution in [1.82, 2.24) is 4.90 Å². The van der Waals surface area contributed by atoms with Gasteiger partial charge in [0.1, 0.15) is 6.04 Å². The highest BCUT2D eigenvalue weighted by molar-refractivity contribution is 5.88. The maximum atomic E-state index is 11.1. The summed E-state index contributed by atoms with van der Waals surface area (Å²) >= 11 is 0. The summed E-state index contributed by atoms with van der Waals surface area (Å²) in [4.78, 5) is 24.1. The van der Waals surface area contributed by atoms with Crippen molar-refractivity contribution in [2.45, 2.75) is 32.4 Å². The number of anilines is 1. The van der Waals surface area contributed by atoms with Crippen LogP contribution in [-0.4, -0.2) is 34.5 Å². The van der Waals surface area contributed by atoms with Gasteiger partial charge in [-0.25, -0.2) is 0 Å². The lowest BCUT2D eigenvalue weighted by atomic mass is 10.1. The van der Waals surface area contributed by atoms with Gasteiger partial charge in [-0.05, 0) is 37.1 Å². The van der Waals surface area contributed by atoms with Gasteiger partial charge in [-0.2, -0.15) is 0 Å². The molecular weight excluding hydrogens is 280 g/mol. The van der Waals surface area contributed by atoms with Crippen molar-refractivity contribution in [2.24, 2.45) is 0 Å². The van der Waals surface area contributed by atoms with Gasteiger partial charge in [0.25, 0.3) is 0 Å². The largest absolute Gasteiger partial charge is 0.480 e. The fourth-order valence-corrected chi connectivity index (χ4v) is 2.48. The number of nitrogens with one attached hydrogen (secondary N) is 1. The van der Waals surface area contributed by atoms with Crippen LogP contribution in [0.4, 0.5) is 5.69 Å². The molecule has 0 saturated carbocycles. The molecular formula is C14H19ClN2O3. The minimum absolute atomic E-state index is 0. The summed E-state index contributed by atoms with van der Waals surface area (Å²) in [5, 5.41) is 11.9. The second-order valence-corrected chi connectivity index (χ2v) is 4.85. The second kappa shape index (κ2) is 7.26. The number of hydrogen-bond acceptors (Lipinski definition) is 3. The Bertz CT molecular complexity index is 493. The number of halogens is 1. The van der Waals surface area contributed by atoms with E-state index in [1.807, 2.05) is 29.2 Å². The van der Waals surface area contributed by atoms with E-state index in [0.29, 0.717) is 13.0 Å². The molecule has 1 fully saturated rings. The monoisotopic (exact) mass is 298 g/mol. The summed E-state index contributed by atoms with van der Waals surface area (Å²) in [5.74, 6) is -0.864. The summed E-state index contributed by atoms with van der Waals surface area (Å²) in [7, 11) is 0. The van der Waals surface area contributed by atoms with Crippen LogP contribution in [0.25, 0.3) is 0 Å². The van der Waals surface area contributed by atoms with E-state index in [2.05, 4.69) is 5.32 Å². The number of nitrogens with zero attached hydrogens (tertiary/aromatic N) is 1. The van der Waals surface area contributed by atoms with Crippen LogP contribution in [-0.2, 0) is 16.1 Å². The molecule has 20 heavy (non-hydrogen) atoms. The third kappa shape index (κ3) is 4.21. The summed E-state index contributed by atoms with van der Waals surface area (Å²) in [6.07, 6.45) is 1.63. The van der Waals surface area contributed by atoms with Crippen LogP contribution in [0.3, 0.4) is 0 Å². The molecule has 1 aromatic rings. The van der Waals surface area contributed by atoms with Crippen LogP contribution in [0, 0.1) is 0 Å². The molecule has 2 rings (SSSR count). The van der Waals surface area contributed by atoms with Gasteiger partial charge in [-0.15, -0.1) is 12.4 Å². The van der Waals surface area contributed by atoms with Gasteiger partial charge in [0.15, 0.2) is 0 Å². The quantitative estimate of drug-likeness (QED) is 0.893. The molecule has 0 unspecified atom stereocenters. The summed E-state index contributed by atoms with van der Waals surface area (Å²) in [6.45, 7) is 2.87. The SMILES string of the molecule is CC(=O)Nc1cccc(CN2CCC[C@H]2C(=O)O)c1.Cl. The summed E-state index contributed by atoms with van der Waals surface area (Å²) in [6, 6.07) is 7.14. The fourth-order valence-electron chi connectivity index (χ4n) is 2.48. The topological polar surface area (TPSA) is 69.6 Å². The first-order valence-corrected chi connectivity index (χ1v) is 6.39. The van der Waals surface area contributed by atoms with Crippen LogP contribution < -0.4 is 5.32 Å². The van der Waals surface area contributed by atoms with E-state index in [1.54, 1.807) is 0 Å². The average molecular weight is 299 g/mol. The molecule has 0 spiro atoms. The van der Waals surface area contributed by atoms with E-state index in [9.17, 15) is 9.59 Å². The molecule has 0 aromatic heterocycles. The first kappa shape index (κ1) is 16.5. The lowest BCUT2D eigenvalue weighted by molar-refractivity contribution is -0.142. The number of carbonyl (C=O) groups is 2. The van der Waals surface area contributed by atoms with Gasteiger partial charge in [0.05, 0.1) is 0 Å². The van der Waals surface area contributed by atoms with E-state index in [4.69, 9.17) is 5.11 Å². The Morgan fingerprint density at radius 2 is 2.20 bits per heavy atom. The predicted molar refractivity (Wildman–Crippen MR) is 79.1 cm³/mol. The van der Waals surface area contributed by atoms with Crippen LogP contribution in [0.5, 0.6) is 0 Å². The average Bonchev–Trinajstić information content (AvgIpc) is 2.76. The van der Waals surface area contributed by atoms with Gasteiger partial charge in [-0.1, -0.05) is 12.1 Å². The Morgan fingerprint density at radius 1 is 1.45 bits per heavy atom. The molecule has 0 aliphatic carbocycles. The highest BCUT2D eigenvalue weighted by Crippen LogP contribution is 2.21. The van der Waals surface area contributed by atoms with Gasteiger partial charge in [0, 0.05) is 19.2 Å². The summed E-state index contributed by atoms with van der Waals surface area (Å²) in [5.41, 5.74) is 1.76. The lowest BCUT2D eigenvalue weighted by Crippen LogP contribution is -2.35. The van der Waals surface area contributed by atoms with Crippen molar-refractivity contribution in [3.8, 4) is 0 Å². The predicted octanol–water partition coefficient (Wildman–Crippen LogP) is 2.12. The molecule has 1 aromatic carbocycles. The minimum atomic E-state index is -0.754. The van der Waals surface area contributed by atoms with Gasteiger partial charge < -0.3 is 10.4 Å². The van der Waals surface area contributed by atoms with E-state index >= 15 is 0 Å². The summed E-state index contributed by atoms with van der Waals surface area (Å²) < 4.78 is 0. The zero-order chi connectivity index (χ0) is 13.8. The third-order valence-electron chi connectivity index (χ3n) is 3.28. The second-order valence-electron chi connectivity index (χ2n) is 4.85. The Hall–Kier alpha value is -1.59. The maximum absolute atomic E-state index is 11.1. The first-order valence-electron chi connectivity index (χ1n) is 6.39. The first-order chi connectivity index (χ1) is 9.06. The van der Waals surface area contributed by atoms with E-state index in [0.717, 1.165) is 24.2 Å². The molecule has 6 heteroatoms. The maximum Gasteiger partial charge on any atom is 0.320 e. The zero-order valence-electron chi connectivity index (χ0n) is 11.3. The molecule has 2 N–H and O–H groups in total. The smallest absolute Gasteiger partial charge is 0.320 e. The van der Waals surface area contributed by atoms with Crippen molar-refractivity contribution in [1.29, 1.82) is 0 Å². The minimum Gasteiger partial charge on any atom is -0.480 e. The molecule has 1 aliphatic rings. The Labute approximate surface area is 124 Å². The standard InChI is InChI=1S/C14H18N2O3.ClH/c1-10(17)15-12-5-2-4-11(8-12)9-16-7-3-6-13(16)14(18)19;/h2,4-5,8,13H,3,6-7,9H2,1H3,(H,15,17)(H,18,19);1H/t13-;/m0./s1. The number of likely N-dealkylation sites (tertiary alicyclic amines) is 1. The Morgan fingerprint density at radius 3 is 2.85 bits per heavy atom. The Kier molecular flexibility index (Phi) is 5.98. The molecule has 1 amide bonds. The fraction of sp³-hybridized carbons (Fsp3) is 0.429. The van der Waals surface area contributed by atoms with Crippen molar-refractivity contribution >= 4 is 30.0 Å². The third-order valence-corrected chi connectivity index (χ3v) is 3.28. The number of benzene rings is 1. The van der Waals surface area contributed by atoms with Crippen LogP contribution in [0.15, 0.2) is 24.3 Å². The van der Waals surface area contributed by atoms with Gasteiger partial charge in [-0.3, -0.25) is 14.5 Å². The van der Waals surface area contributed by atoms with Crippen LogP contribution >= 0.6 is 12.4 Å². The zero-order valence-corrected chi connectivity index (χ0v) is 12.2. The highest BCUT2D eigenvalue weighted by Gasteiger charge is 2.30. The Balaban J connectivity index is 0.00000200. The number of amides is 1. The molecule has 1 atom stereocenters. The number of carboxylic acids is 1. The number of carboxylic acid groups (broad SMARTS) is 1. The van der Waals surface area contributed by atoms with Crippen molar-refractivity contribution in [3.05, 3.63) is 29.8 Å².